The maximum atomic E-state index is 12.1. The summed E-state index contributed by atoms with van der Waals surface area (Å²) in [6.45, 7) is 3.80. The van der Waals surface area contributed by atoms with E-state index in [4.69, 9.17) is 9.84 Å². The number of carbonyl (C=O) groups excluding carboxylic acids is 1. The average Bonchev–Trinajstić information content (AvgIpc) is 2.46. The Morgan fingerprint density at radius 3 is 2.65 bits per heavy atom. The number of aliphatic hydroxyl groups is 1. The predicted octanol–water partition coefficient (Wildman–Crippen LogP) is 2.41. The van der Waals surface area contributed by atoms with E-state index in [1.54, 1.807) is 25.3 Å². The van der Waals surface area contributed by atoms with Crippen molar-refractivity contribution < 1.29 is 14.6 Å². The van der Waals surface area contributed by atoms with Crippen molar-refractivity contribution >= 4 is 11.6 Å². The van der Waals surface area contributed by atoms with E-state index >= 15 is 0 Å². The lowest BCUT2D eigenvalue weighted by Gasteiger charge is -2.15. The van der Waals surface area contributed by atoms with Crippen molar-refractivity contribution in [3.63, 3.8) is 0 Å². The summed E-state index contributed by atoms with van der Waals surface area (Å²) in [4.78, 5) is 12.1. The maximum Gasteiger partial charge on any atom is 0.227 e. The highest BCUT2D eigenvalue weighted by atomic mass is 16.5. The molecule has 0 unspecified atom stereocenters. The van der Waals surface area contributed by atoms with Crippen LogP contribution in [0.1, 0.15) is 32.3 Å². The SMILES string of the molecule is CCC(CC)C(=O)Nc1cc(C#CCO)ccc1OC. The number of amides is 1. The zero-order valence-electron chi connectivity index (χ0n) is 12.2. The molecule has 4 nitrogen and oxygen atoms in total. The van der Waals surface area contributed by atoms with Crippen LogP contribution in [0.25, 0.3) is 0 Å². The van der Waals surface area contributed by atoms with Gasteiger partial charge in [0.05, 0.1) is 12.8 Å². The average molecular weight is 275 g/mol. The predicted molar refractivity (Wildman–Crippen MR) is 79.7 cm³/mol. The lowest BCUT2D eigenvalue weighted by molar-refractivity contribution is -0.120. The van der Waals surface area contributed by atoms with Crippen molar-refractivity contribution in [3.05, 3.63) is 23.8 Å². The van der Waals surface area contributed by atoms with E-state index in [1.165, 1.54) is 0 Å². The number of anilines is 1. The zero-order chi connectivity index (χ0) is 15.0. The van der Waals surface area contributed by atoms with Gasteiger partial charge < -0.3 is 15.2 Å². The van der Waals surface area contributed by atoms with Crippen molar-refractivity contribution in [1.29, 1.82) is 0 Å². The standard InChI is InChI=1S/C16H21NO3/c1-4-13(5-2)16(19)17-14-11-12(7-6-10-18)8-9-15(14)20-3/h8-9,11,13,18H,4-5,10H2,1-3H3,(H,17,19). The highest BCUT2D eigenvalue weighted by Gasteiger charge is 2.16. The van der Waals surface area contributed by atoms with Gasteiger partial charge in [0.2, 0.25) is 5.91 Å². The molecular formula is C16H21NO3. The third-order valence-corrected chi connectivity index (χ3v) is 3.13. The number of ether oxygens (including phenoxy) is 1. The van der Waals surface area contributed by atoms with Crippen LogP contribution in [-0.2, 0) is 4.79 Å². The van der Waals surface area contributed by atoms with Crippen LogP contribution in [0.3, 0.4) is 0 Å². The smallest absolute Gasteiger partial charge is 0.227 e. The topological polar surface area (TPSA) is 58.6 Å². The highest BCUT2D eigenvalue weighted by Crippen LogP contribution is 2.26. The number of rotatable bonds is 5. The van der Waals surface area contributed by atoms with Gasteiger partial charge in [-0.3, -0.25) is 4.79 Å². The number of aliphatic hydroxyl groups excluding tert-OH is 1. The van der Waals surface area contributed by atoms with Gasteiger partial charge in [-0.15, -0.1) is 0 Å². The molecule has 0 spiro atoms. The third kappa shape index (κ3) is 4.29. The molecule has 0 fully saturated rings. The lowest BCUT2D eigenvalue weighted by atomic mass is 10.0. The number of hydrogen-bond acceptors (Lipinski definition) is 3. The normalized spacial score (nSPS) is 9.85. The highest BCUT2D eigenvalue weighted by molar-refractivity contribution is 5.94. The first-order valence-electron chi connectivity index (χ1n) is 6.74. The summed E-state index contributed by atoms with van der Waals surface area (Å²) in [5.41, 5.74) is 1.33. The van der Waals surface area contributed by atoms with E-state index < -0.39 is 0 Å². The molecule has 0 aliphatic heterocycles. The van der Waals surface area contributed by atoms with E-state index in [1.807, 2.05) is 13.8 Å². The quantitative estimate of drug-likeness (QED) is 0.811. The van der Waals surface area contributed by atoms with Crippen LogP contribution >= 0.6 is 0 Å². The molecule has 1 rings (SSSR count). The molecule has 0 radical (unpaired) electrons. The Labute approximate surface area is 120 Å². The minimum Gasteiger partial charge on any atom is -0.495 e. The summed E-state index contributed by atoms with van der Waals surface area (Å²) < 4.78 is 5.24. The van der Waals surface area contributed by atoms with Crippen molar-refractivity contribution in [1.82, 2.24) is 0 Å². The van der Waals surface area contributed by atoms with Crippen LogP contribution in [0.15, 0.2) is 18.2 Å². The molecule has 0 heterocycles. The van der Waals surface area contributed by atoms with Gasteiger partial charge in [0.15, 0.2) is 0 Å². The fourth-order valence-corrected chi connectivity index (χ4v) is 1.92. The Bertz CT molecular complexity index is 510. The van der Waals surface area contributed by atoms with Gasteiger partial charge in [0.25, 0.3) is 0 Å². The van der Waals surface area contributed by atoms with Gasteiger partial charge in [-0.2, -0.15) is 0 Å². The Morgan fingerprint density at radius 2 is 2.10 bits per heavy atom. The summed E-state index contributed by atoms with van der Waals surface area (Å²) in [5, 5.41) is 11.6. The van der Waals surface area contributed by atoms with Gasteiger partial charge >= 0.3 is 0 Å². The fraction of sp³-hybridized carbons (Fsp3) is 0.438. The molecule has 20 heavy (non-hydrogen) atoms. The first-order valence-corrected chi connectivity index (χ1v) is 6.74. The van der Waals surface area contributed by atoms with E-state index in [2.05, 4.69) is 17.2 Å². The molecule has 2 N–H and O–H groups in total. The second-order valence-corrected chi connectivity index (χ2v) is 4.38. The second kappa shape index (κ2) is 8.23. The molecule has 1 aromatic rings. The Morgan fingerprint density at radius 1 is 1.40 bits per heavy atom. The van der Waals surface area contributed by atoms with Crippen molar-refractivity contribution in [2.75, 3.05) is 19.0 Å². The van der Waals surface area contributed by atoms with Gasteiger partial charge in [-0.05, 0) is 31.0 Å². The molecule has 0 saturated heterocycles. The van der Waals surface area contributed by atoms with Gasteiger partial charge in [-0.1, -0.05) is 25.7 Å². The van der Waals surface area contributed by atoms with Crippen molar-refractivity contribution in [2.45, 2.75) is 26.7 Å². The number of nitrogens with one attached hydrogen (secondary N) is 1. The minimum atomic E-state index is -0.193. The Kier molecular flexibility index (Phi) is 6.61. The molecule has 0 aliphatic carbocycles. The van der Waals surface area contributed by atoms with E-state index in [0.29, 0.717) is 11.4 Å². The number of carbonyl (C=O) groups is 1. The first kappa shape index (κ1) is 16.1. The van der Waals surface area contributed by atoms with Crippen LogP contribution in [0, 0.1) is 17.8 Å². The fourth-order valence-electron chi connectivity index (χ4n) is 1.92. The van der Waals surface area contributed by atoms with Crippen LogP contribution < -0.4 is 10.1 Å². The molecule has 0 atom stereocenters. The molecule has 0 aromatic heterocycles. The Balaban J connectivity index is 2.99. The summed E-state index contributed by atoms with van der Waals surface area (Å²) in [7, 11) is 1.56. The lowest BCUT2D eigenvalue weighted by Crippen LogP contribution is -2.22. The zero-order valence-corrected chi connectivity index (χ0v) is 12.2. The number of methoxy groups -OCH3 is 1. The maximum absolute atomic E-state index is 12.1. The van der Waals surface area contributed by atoms with Crippen LogP contribution in [-0.4, -0.2) is 24.7 Å². The molecule has 0 saturated carbocycles. The molecule has 1 aromatic carbocycles. The van der Waals surface area contributed by atoms with Crippen LogP contribution in [0.4, 0.5) is 5.69 Å². The summed E-state index contributed by atoms with van der Waals surface area (Å²) in [6, 6.07) is 5.29. The van der Waals surface area contributed by atoms with E-state index in [0.717, 1.165) is 18.4 Å². The van der Waals surface area contributed by atoms with Crippen molar-refractivity contribution in [2.24, 2.45) is 5.92 Å². The molecule has 4 heteroatoms. The van der Waals surface area contributed by atoms with Gasteiger partial charge in [0.1, 0.15) is 12.4 Å². The molecule has 108 valence electrons. The number of hydrogen-bond donors (Lipinski definition) is 2. The minimum absolute atomic E-state index is 0.00751. The summed E-state index contributed by atoms with van der Waals surface area (Å²) in [5.74, 6) is 5.96. The number of benzene rings is 1. The largest absolute Gasteiger partial charge is 0.495 e. The van der Waals surface area contributed by atoms with Gasteiger partial charge in [-0.25, -0.2) is 0 Å². The first-order chi connectivity index (χ1) is 9.65. The molecule has 1 amide bonds. The monoisotopic (exact) mass is 275 g/mol. The molecule has 0 aliphatic rings. The van der Waals surface area contributed by atoms with Crippen molar-refractivity contribution in [3.8, 4) is 17.6 Å². The van der Waals surface area contributed by atoms with E-state index in [9.17, 15) is 4.79 Å². The molecular weight excluding hydrogens is 254 g/mol. The molecule has 0 bridgehead atoms. The summed E-state index contributed by atoms with van der Waals surface area (Å²) in [6.07, 6.45) is 1.60. The van der Waals surface area contributed by atoms with Gasteiger partial charge in [0, 0.05) is 11.5 Å². The summed E-state index contributed by atoms with van der Waals surface area (Å²) >= 11 is 0. The third-order valence-electron chi connectivity index (χ3n) is 3.13. The van der Waals surface area contributed by atoms with Crippen LogP contribution in [0.5, 0.6) is 5.75 Å². The van der Waals surface area contributed by atoms with E-state index in [-0.39, 0.29) is 18.4 Å². The second-order valence-electron chi connectivity index (χ2n) is 4.38. The van der Waals surface area contributed by atoms with Crippen LogP contribution in [0.2, 0.25) is 0 Å². The Hall–Kier alpha value is -1.99.